The van der Waals surface area contributed by atoms with Crippen molar-refractivity contribution in [1.29, 1.82) is 0 Å². The van der Waals surface area contributed by atoms with Crippen LogP contribution in [-0.2, 0) is 9.59 Å². The standard InChI is InChI=1S/C28H28N2O5/c1-16(2)21-15-22(17(3)13-23(21)35-5)26(31)24-25(18-9-11-29-12-10-18)30(28(33)27(24)32)19-7-6-8-20(14-19)34-4/h6-16,25,31H,1-5H3/b26-24+. The molecule has 0 spiro atoms. The zero-order chi connectivity index (χ0) is 25.3. The first-order valence-corrected chi connectivity index (χ1v) is 11.3. The van der Waals surface area contributed by atoms with Crippen molar-refractivity contribution in [3.63, 3.8) is 0 Å². The maximum atomic E-state index is 13.4. The Morgan fingerprint density at radius 2 is 1.74 bits per heavy atom. The van der Waals surface area contributed by atoms with E-state index in [1.807, 2.05) is 32.9 Å². The zero-order valence-electron chi connectivity index (χ0n) is 20.4. The van der Waals surface area contributed by atoms with Crippen LogP contribution in [0.3, 0.4) is 0 Å². The molecule has 1 amide bonds. The second-order valence-electron chi connectivity index (χ2n) is 8.71. The molecule has 0 saturated carbocycles. The number of benzene rings is 2. The second-order valence-corrected chi connectivity index (χ2v) is 8.71. The van der Waals surface area contributed by atoms with Gasteiger partial charge in [0.15, 0.2) is 0 Å². The van der Waals surface area contributed by atoms with Crippen molar-refractivity contribution in [3.05, 3.63) is 88.8 Å². The average Bonchev–Trinajstić information content (AvgIpc) is 3.14. The lowest BCUT2D eigenvalue weighted by Crippen LogP contribution is -2.29. The Labute approximate surface area is 204 Å². The first-order valence-electron chi connectivity index (χ1n) is 11.3. The van der Waals surface area contributed by atoms with E-state index in [9.17, 15) is 14.7 Å². The first kappa shape index (κ1) is 24.0. The van der Waals surface area contributed by atoms with Crippen molar-refractivity contribution >= 4 is 23.1 Å². The number of hydrogen-bond acceptors (Lipinski definition) is 6. The van der Waals surface area contributed by atoms with Gasteiger partial charge in [-0.3, -0.25) is 19.5 Å². The van der Waals surface area contributed by atoms with Gasteiger partial charge in [0, 0.05) is 29.7 Å². The van der Waals surface area contributed by atoms with E-state index in [0.29, 0.717) is 28.3 Å². The molecular formula is C28H28N2O5. The molecule has 35 heavy (non-hydrogen) atoms. The number of aliphatic hydroxyl groups is 1. The van der Waals surface area contributed by atoms with Crippen LogP contribution in [0.15, 0.2) is 66.5 Å². The Kier molecular flexibility index (Phi) is 6.60. The van der Waals surface area contributed by atoms with Crippen molar-refractivity contribution in [3.8, 4) is 11.5 Å². The number of carbonyl (C=O) groups is 2. The maximum Gasteiger partial charge on any atom is 0.300 e. The highest BCUT2D eigenvalue weighted by Crippen LogP contribution is 2.43. The normalized spacial score (nSPS) is 17.2. The lowest BCUT2D eigenvalue weighted by molar-refractivity contribution is -0.132. The summed E-state index contributed by atoms with van der Waals surface area (Å²) >= 11 is 0. The largest absolute Gasteiger partial charge is 0.507 e. The summed E-state index contributed by atoms with van der Waals surface area (Å²) < 4.78 is 10.9. The molecule has 1 atom stereocenters. The number of methoxy groups -OCH3 is 2. The monoisotopic (exact) mass is 472 g/mol. The molecule has 2 heterocycles. The minimum absolute atomic E-state index is 0.0204. The summed E-state index contributed by atoms with van der Waals surface area (Å²) in [6.45, 7) is 5.88. The fourth-order valence-corrected chi connectivity index (χ4v) is 4.45. The van der Waals surface area contributed by atoms with Crippen LogP contribution >= 0.6 is 0 Å². The van der Waals surface area contributed by atoms with Gasteiger partial charge in [0.25, 0.3) is 11.7 Å². The van der Waals surface area contributed by atoms with Crippen LogP contribution in [0.4, 0.5) is 5.69 Å². The van der Waals surface area contributed by atoms with Crippen LogP contribution in [-0.4, -0.2) is 36.0 Å². The van der Waals surface area contributed by atoms with Gasteiger partial charge in [0.05, 0.1) is 25.8 Å². The summed E-state index contributed by atoms with van der Waals surface area (Å²) in [6, 6.07) is 13.2. The van der Waals surface area contributed by atoms with Crippen LogP contribution in [0.5, 0.6) is 11.5 Å². The number of hydrogen-bond donors (Lipinski definition) is 1. The number of ether oxygens (including phenoxy) is 2. The van der Waals surface area contributed by atoms with Crippen LogP contribution < -0.4 is 14.4 Å². The number of ketones is 1. The summed E-state index contributed by atoms with van der Waals surface area (Å²) in [5.41, 5.74) is 3.26. The molecule has 1 aromatic heterocycles. The minimum Gasteiger partial charge on any atom is -0.507 e. The number of anilines is 1. The fraction of sp³-hybridized carbons (Fsp3) is 0.250. The highest BCUT2D eigenvalue weighted by atomic mass is 16.5. The number of amides is 1. The van der Waals surface area contributed by atoms with Gasteiger partial charge in [-0.25, -0.2) is 0 Å². The Bertz CT molecular complexity index is 1310. The summed E-state index contributed by atoms with van der Waals surface area (Å²) in [6.07, 6.45) is 3.19. The smallest absolute Gasteiger partial charge is 0.300 e. The first-order chi connectivity index (χ1) is 16.8. The molecule has 0 radical (unpaired) electrons. The molecule has 0 aliphatic carbocycles. The third kappa shape index (κ3) is 4.25. The van der Waals surface area contributed by atoms with E-state index in [4.69, 9.17) is 9.47 Å². The highest BCUT2D eigenvalue weighted by Gasteiger charge is 2.47. The third-order valence-electron chi connectivity index (χ3n) is 6.25. The van der Waals surface area contributed by atoms with Gasteiger partial charge in [-0.15, -0.1) is 0 Å². The Balaban J connectivity index is 1.97. The number of aromatic nitrogens is 1. The summed E-state index contributed by atoms with van der Waals surface area (Å²) in [7, 11) is 3.13. The van der Waals surface area contributed by atoms with Gasteiger partial charge in [-0.05, 0) is 65.9 Å². The molecule has 7 nitrogen and oxygen atoms in total. The zero-order valence-corrected chi connectivity index (χ0v) is 20.4. The molecule has 7 heteroatoms. The molecule has 3 aromatic rings. The van der Waals surface area contributed by atoms with Gasteiger partial charge in [0.1, 0.15) is 17.3 Å². The molecule has 1 N–H and O–H groups in total. The number of aliphatic hydroxyl groups excluding tert-OH is 1. The predicted octanol–water partition coefficient (Wildman–Crippen LogP) is 5.16. The van der Waals surface area contributed by atoms with Crippen molar-refractivity contribution in [2.75, 3.05) is 19.1 Å². The Morgan fingerprint density at radius 1 is 1.03 bits per heavy atom. The topological polar surface area (TPSA) is 89.0 Å². The van der Waals surface area contributed by atoms with E-state index in [0.717, 1.165) is 11.1 Å². The van der Waals surface area contributed by atoms with Crippen LogP contribution in [0.2, 0.25) is 0 Å². The fourth-order valence-electron chi connectivity index (χ4n) is 4.45. The van der Waals surface area contributed by atoms with Gasteiger partial charge >= 0.3 is 0 Å². The summed E-state index contributed by atoms with van der Waals surface area (Å²) in [5.74, 6) is -0.336. The lowest BCUT2D eigenvalue weighted by atomic mass is 9.91. The second kappa shape index (κ2) is 9.62. The Morgan fingerprint density at radius 3 is 2.37 bits per heavy atom. The molecule has 2 aromatic carbocycles. The average molecular weight is 473 g/mol. The van der Waals surface area contributed by atoms with Crippen molar-refractivity contribution in [2.24, 2.45) is 0 Å². The van der Waals surface area contributed by atoms with Crippen molar-refractivity contribution in [1.82, 2.24) is 4.98 Å². The third-order valence-corrected chi connectivity index (χ3v) is 6.25. The molecule has 1 saturated heterocycles. The van der Waals surface area contributed by atoms with Crippen LogP contribution in [0.25, 0.3) is 5.76 Å². The number of carbonyl (C=O) groups excluding carboxylic acids is 2. The molecular weight excluding hydrogens is 444 g/mol. The van der Waals surface area contributed by atoms with Crippen LogP contribution in [0, 0.1) is 6.92 Å². The number of pyridine rings is 1. The van der Waals surface area contributed by atoms with E-state index < -0.39 is 17.7 Å². The SMILES string of the molecule is COc1cccc(N2C(=O)C(=O)/C(=C(/O)c3cc(C(C)C)c(OC)cc3C)C2c2ccncc2)c1. The predicted molar refractivity (Wildman–Crippen MR) is 134 cm³/mol. The van der Waals surface area contributed by atoms with E-state index in [-0.39, 0.29) is 17.3 Å². The van der Waals surface area contributed by atoms with E-state index >= 15 is 0 Å². The maximum absolute atomic E-state index is 13.4. The molecule has 4 rings (SSSR count). The summed E-state index contributed by atoms with van der Waals surface area (Å²) in [5, 5.41) is 11.6. The molecule has 0 bridgehead atoms. The number of nitrogens with zero attached hydrogens (tertiary/aromatic N) is 2. The Hall–Kier alpha value is -4.13. The van der Waals surface area contributed by atoms with Crippen molar-refractivity contribution in [2.45, 2.75) is 32.7 Å². The highest BCUT2D eigenvalue weighted by molar-refractivity contribution is 6.51. The van der Waals surface area contributed by atoms with Gasteiger partial charge in [-0.1, -0.05) is 19.9 Å². The van der Waals surface area contributed by atoms with Gasteiger partial charge in [-0.2, -0.15) is 0 Å². The van der Waals surface area contributed by atoms with Crippen LogP contribution in [0.1, 0.15) is 48.1 Å². The molecule has 1 aliphatic rings. The van der Waals surface area contributed by atoms with E-state index in [1.165, 1.54) is 12.0 Å². The van der Waals surface area contributed by atoms with E-state index in [2.05, 4.69) is 4.98 Å². The van der Waals surface area contributed by atoms with Gasteiger partial charge in [0.2, 0.25) is 0 Å². The molecule has 180 valence electrons. The lowest BCUT2D eigenvalue weighted by Gasteiger charge is -2.26. The quantitative estimate of drug-likeness (QED) is 0.303. The van der Waals surface area contributed by atoms with E-state index in [1.54, 1.807) is 55.9 Å². The molecule has 1 fully saturated rings. The molecule has 1 aliphatic heterocycles. The minimum atomic E-state index is -0.839. The molecule has 1 unspecified atom stereocenters. The summed E-state index contributed by atoms with van der Waals surface area (Å²) in [4.78, 5) is 32.2. The van der Waals surface area contributed by atoms with Crippen molar-refractivity contribution < 1.29 is 24.2 Å². The number of aryl methyl sites for hydroxylation is 1. The van der Waals surface area contributed by atoms with Gasteiger partial charge < -0.3 is 14.6 Å². The number of rotatable bonds is 6. The number of Topliss-reactive ketones (excluding diaryl/α,β-unsaturated/α-hetero) is 1.